The highest BCUT2D eigenvalue weighted by Gasteiger charge is 2.25. The van der Waals surface area contributed by atoms with Crippen LogP contribution in [-0.4, -0.2) is 36.1 Å². The fraction of sp³-hybridized carbons (Fsp3) is 0.192. The molecule has 3 nitrogen and oxygen atoms in total. The van der Waals surface area contributed by atoms with Gasteiger partial charge in [0.15, 0.2) is 0 Å². The summed E-state index contributed by atoms with van der Waals surface area (Å²) in [6, 6.07) is 30.6. The van der Waals surface area contributed by atoms with Crippen LogP contribution in [0.5, 0.6) is 0 Å². The Bertz CT molecular complexity index is 1080. The lowest BCUT2D eigenvalue weighted by Crippen LogP contribution is -2.45. The number of pyridine rings is 1. The number of aromatic nitrogens is 1. The Hall–Kier alpha value is -3.01. The summed E-state index contributed by atoms with van der Waals surface area (Å²) < 4.78 is 0. The van der Waals surface area contributed by atoms with Crippen molar-refractivity contribution in [2.24, 2.45) is 0 Å². The van der Waals surface area contributed by atoms with Crippen LogP contribution in [0.15, 0.2) is 91.1 Å². The Morgan fingerprint density at radius 1 is 0.724 bits per heavy atom. The SMILES string of the molecule is c1ccc(-c2ccc(C(c3ccnc4ccccc34)N3CCNCC3)cc2)cc1. The molecule has 0 spiro atoms. The highest BCUT2D eigenvalue weighted by atomic mass is 15.2. The van der Waals surface area contributed by atoms with E-state index in [1.807, 2.05) is 6.20 Å². The third-order valence-electron chi connectivity index (χ3n) is 5.83. The smallest absolute Gasteiger partial charge is 0.0705 e. The first kappa shape index (κ1) is 18.0. The van der Waals surface area contributed by atoms with Crippen molar-refractivity contribution in [3.05, 3.63) is 102 Å². The van der Waals surface area contributed by atoms with Crippen LogP contribution in [0.3, 0.4) is 0 Å². The monoisotopic (exact) mass is 379 g/mol. The Labute approximate surface area is 172 Å². The average molecular weight is 380 g/mol. The molecule has 2 heterocycles. The number of fused-ring (bicyclic) bond motifs is 1. The Morgan fingerprint density at radius 3 is 2.21 bits per heavy atom. The number of rotatable bonds is 4. The summed E-state index contributed by atoms with van der Waals surface area (Å²) >= 11 is 0. The third kappa shape index (κ3) is 3.67. The van der Waals surface area contributed by atoms with Crippen LogP contribution in [-0.2, 0) is 0 Å². The van der Waals surface area contributed by atoms with E-state index in [-0.39, 0.29) is 6.04 Å². The van der Waals surface area contributed by atoms with Gasteiger partial charge in [-0.2, -0.15) is 0 Å². The van der Waals surface area contributed by atoms with Crippen LogP contribution < -0.4 is 5.32 Å². The minimum atomic E-state index is 0.231. The Balaban J connectivity index is 1.59. The largest absolute Gasteiger partial charge is 0.314 e. The van der Waals surface area contributed by atoms with Crippen LogP contribution >= 0.6 is 0 Å². The number of para-hydroxylation sites is 1. The molecule has 144 valence electrons. The molecule has 3 aromatic carbocycles. The van der Waals surface area contributed by atoms with E-state index in [1.165, 1.54) is 27.6 Å². The van der Waals surface area contributed by atoms with Crippen LogP contribution in [0.4, 0.5) is 0 Å². The summed E-state index contributed by atoms with van der Waals surface area (Å²) in [5.74, 6) is 0. The maximum absolute atomic E-state index is 4.59. The zero-order valence-electron chi connectivity index (χ0n) is 16.5. The molecule has 1 aliphatic rings. The first-order valence-electron chi connectivity index (χ1n) is 10.3. The van der Waals surface area contributed by atoms with Crippen LogP contribution in [0, 0.1) is 0 Å². The standard InChI is InChI=1S/C26H25N3/c1-2-6-20(7-3-1)21-10-12-22(13-11-21)26(29-18-16-27-17-19-29)24-14-15-28-25-9-5-4-8-23(24)25/h1-15,26-27H,16-19H2. The van der Waals surface area contributed by atoms with Crippen LogP contribution in [0.25, 0.3) is 22.0 Å². The zero-order valence-corrected chi connectivity index (χ0v) is 16.5. The fourth-order valence-electron chi connectivity index (χ4n) is 4.37. The topological polar surface area (TPSA) is 28.2 Å². The first-order valence-corrected chi connectivity index (χ1v) is 10.3. The molecule has 3 heteroatoms. The number of hydrogen-bond acceptors (Lipinski definition) is 3. The molecule has 0 aliphatic carbocycles. The van der Waals surface area contributed by atoms with E-state index in [0.29, 0.717) is 0 Å². The molecule has 0 bridgehead atoms. The van der Waals surface area contributed by atoms with Crippen molar-refractivity contribution in [1.29, 1.82) is 0 Å². The molecule has 1 aliphatic heterocycles. The molecule has 1 N–H and O–H groups in total. The lowest BCUT2D eigenvalue weighted by molar-refractivity contribution is 0.199. The average Bonchev–Trinajstić information content (AvgIpc) is 2.81. The summed E-state index contributed by atoms with van der Waals surface area (Å²) in [5.41, 5.74) is 6.25. The second kappa shape index (κ2) is 8.16. The molecule has 29 heavy (non-hydrogen) atoms. The van der Waals surface area contributed by atoms with E-state index < -0.39 is 0 Å². The summed E-state index contributed by atoms with van der Waals surface area (Å²) in [7, 11) is 0. The van der Waals surface area contributed by atoms with Crippen molar-refractivity contribution in [3.8, 4) is 11.1 Å². The molecule has 1 aromatic heterocycles. The lowest BCUT2D eigenvalue weighted by Gasteiger charge is -2.36. The maximum Gasteiger partial charge on any atom is 0.0705 e. The summed E-state index contributed by atoms with van der Waals surface area (Å²) in [4.78, 5) is 7.18. The van der Waals surface area contributed by atoms with E-state index in [1.54, 1.807) is 0 Å². The van der Waals surface area contributed by atoms with Gasteiger partial charge in [0.1, 0.15) is 0 Å². The molecule has 1 atom stereocenters. The van der Waals surface area contributed by atoms with Gasteiger partial charge in [-0.15, -0.1) is 0 Å². The van der Waals surface area contributed by atoms with Gasteiger partial charge < -0.3 is 5.32 Å². The molecular formula is C26H25N3. The summed E-state index contributed by atoms with van der Waals surface area (Å²) in [5, 5.41) is 4.73. The minimum absolute atomic E-state index is 0.231. The number of nitrogens with zero attached hydrogens (tertiary/aromatic N) is 2. The third-order valence-corrected chi connectivity index (χ3v) is 5.83. The minimum Gasteiger partial charge on any atom is -0.314 e. The normalized spacial score (nSPS) is 16.0. The predicted octanol–water partition coefficient (Wildman–Crippen LogP) is 4.90. The van der Waals surface area contributed by atoms with Crippen molar-refractivity contribution in [2.45, 2.75) is 6.04 Å². The molecule has 0 saturated carbocycles. The second-order valence-corrected chi connectivity index (χ2v) is 7.59. The van der Waals surface area contributed by atoms with E-state index >= 15 is 0 Å². The molecule has 5 rings (SSSR count). The number of nitrogens with one attached hydrogen (secondary N) is 1. The molecule has 0 amide bonds. The van der Waals surface area contributed by atoms with Crippen molar-refractivity contribution in [2.75, 3.05) is 26.2 Å². The van der Waals surface area contributed by atoms with E-state index in [9.17, 15) is 0 Å². The number of benzene rings is 3. The van der Waals surface area contributed by atoms with Crippen LogP contribution in [0.2, 0.25) is 0 Å². The predicted molar refractivity (Wildman–Crippen MR) is 120 cm³/mol. The summed E-state index contributed by atoms with van der Waals surface area (Å²) in [6.45, 7) is 4.15. The molecule has 0 radical (unpaired) electrons. The van der Waals surface area contributed by atoms with Gasteiger partial charge in [-0.25, -0.2) is 0 Å². The zero-order chi connectivity index (χ0) is 19.5. The van der Waals surface area contributed by atoms with Crippen molar-refractivity contribution in [3.63, 3.8) is 0 Å². The van der Waals surface area contributed by atoms with Gasteiger partial charge in [0.05, 0.1) is 11.6 Å². The highest BCUT2D eigenvalue weighted by Crippen LogP contribution is 2.34. The van der Waals surface area contributed by atoms with Gasteiger partial charge in [-0.3, -0.25) is 9.88 Å². The fourth-order valence-corrected chi connectivity index (χ4v) is 4.37. The van der Waals surface area contributed by atoms with E-state index in [4.69, 9.17) is 0 Å². The number of piperazine rings is 1. The first-order chi connectivity index (χ1) is 14.4. The molecule has 4 aromatic rings. The van der Waals surface area contributed by atoms with Gasteiger partial charge in [-0.1, -0.05) is 72.8 Å². The van der Waals surface area contributed by atoms with Crippen molar-refractivity contribution in [1.82, 2.24) is 15.2 Å². The quantitative estimate of drug-likeness (QED) is 0.547. The summed E-state index contributed by atoms with van der Waals surface area (Å²) in [6.07, 6.45) is 1.95. The highest BCUT2D eigenvalue weighted by molar-refractivity contribution is 5.83. The van der Waals surface area contributed by atoms with Gasteiger partial charge in [-0.05, 0) is 34.4 Å². The lowest BCUT2D eigenvalue weighted by atomic mass is 9.92. The van der Waals surface area contributed by atoms with Crippen LogP contribution in [0.1, 0.15) is 17.2 Å². The second-order valence-electron chi connectivity index (χ2n) is 7.59. The van der Waals surface area contributed by atoms with Crippen molar-refractivity contribution >= 4 is 10.9 Å². The Morgan fingerprint density at radius 2 is 1.41 bits per heavy atom. The van der Waals surface area contributed by atoms with Crippen molar-refractivity contribution < 1.29 is 0 Å². The Kier molecular flexibility index (Phi) is 5.08. The maximum atomic E-state index is 4.59. The molecule has 1 fully saturated rings. The molecule has 1 unspecified atom stereocenters. The van der Waals surface area contributed by atoms with Gasteiger partial charge in [0, 0.05) is 37.8 Å². The van der Waals surface area contributed by atoms with Gasteiger partial charge in [0.2, 0.25) is 0 Å². The van der Waals surface area contributed by atoms with E-state index in [0.717, 1.165) is 31.7 Å². The number of hydrogen-bond donors (Lipinski definition) is 1. The van der Waals surface area contributed by atoms with Gasteiger partial charge in [0.25, 0.3) is 0 Å². The molecule has 1 saturated heterocycles. The van der Waals surface area contributed by atoms with E-state index in [2.05, 4.69) is 100 Å². The molecular weight excluding hydrogens is 354 g/mol. The van der Waals surface area contributed by atoms with Gasteiger partial charge >= 0.3 is 0 Å².